The van der Waals surface area contributed by atoms with Crippen LogP contribution < -0.4 is 10.9 Å². The van der Waals surface area contributed by atoms with Crippen molar-refractivity contribution in [3.05, 3.63) is 56.6 Å². The first-order chi connectivity index (χ1) is 13.5. The van der Waals surface area contributed by atoms with Crippen molar-refractivity contribution in [2.24, 2.45) is 0 Å². The van der Waals surface area contributed by atoms with Crippen LogP contribution in [0.5, 0.6) is 0 Å². The molecule has 1 amide bonds. The molecule has 2 aromatic heterocycles. The molecule has 0 bridgehead atoms. The molecule has 0 unspecified atom stereocenters. The Kier molecular flexibility index (Phi) is 5.44. The quantitative estimate of drug-likeness (QED) is 0.656. The number of H-pyrrole nitrogens is 1. The van der Waals surface area contributed by atoms with Gasteiger partial charge in [0.05, 0.1) is 11.9 Å². The highest BCUT2D eigenvalue weighted by atomic mass is 35.5. The van der Waals surface area contributed by atoms with Crippen molar-refractivity contribution in [1.82, 2.24) is 19.9 Å². The van der Waals surface area contributed by atoms with Crippen LogP contribution in [0.1, 0.15) is 41.9 Å². The molecule has 0 radical (unpaired) electrons. The lowest BCUT2D eigenvalue weighted by Gasteiger charge is -2.11. The number of nitrogens with one attached hydrogen (secondary N) is 2. The Labute approximate surface area is 168 Å². The first kappa shape index (κ1) is 20.9. The average Bonchev–Trinajstić information content (AvgIpc) is 3.04. The predicted octanol–water partition coefficient (Wildman–Crippen LogP) is 4.20. The molecule has 2 heterocycles. The van der Waals surface area contributed by atoms with Gasteiger partial charge in [-0.25, -0.2) is 4.52 Å². The fourth-order valence-corrected chi connectivity index (χ4v) is 2.98. The maximum Gasteiger partial charge on any atom is 0.421 e. The highest BCUT2D eigenvalue weighted by Gasteiger charge is 2.41. The molecule has 0 aliphatic carbocycles. The largest absolute Gasteiger partial charge is 0.421 e. The summed E-state index contributed by atoms with van der Waals surface area (Å²) in [6.45, 7) is 5.20. The van der Waals surface area contributed by atoms with Gasteiger partial charge in [-0.3, -0.25) is 9.59 Å². The van der Waals surface area contributed by atoms with E-state index in [1.54, 1.807) is 39.0 Å². The molecule has 0 aliphatic heterocycles. The summed E-state index contributed by atoms with van der Waals surface area (Å²) >= 11 is 6.00. The molecule has 3 rings (SSSR count). The molecule has 154 valence electrons. The van der Waals surface area contributed by atoms with Gasteiger partial charge in [0.25, 0.3) is 11.5 Å². The lowest BCUT2D eigenvalue weighted by molar-refractivity contribution is -0.136. The van der Waals surface area contributed by atoms with E-state index in [1.165, 1.54) is 6.20 Å². The number of carbonyl (C=O) groups excluding carboxylic acids is 1. The van der Waals surface area contributed by atoms with Gasteiger partial charge in [0.1, 0.15) is 11.1 Å². The van der Waals surface area contributed by atoms with Crippen molar-refractivity contribution < 1.29 is 18.0 Å². The van der Waals surface area contributed by atoms with Gasteiger partial charge in [-0.05, 0) is 43.5 Å². The number of hydrogen-bond acceptors (Lipinski definition) is 3. The minimum atomic E-state index is -4.94. The average molecular weight is 427 g/mol. The lowest BCUT2D eigenvalue weighted by atomic mass is 10.1. The van der Waals surface area contributed by atoms with Crippen LogP contribution in [0.15, 0.2) is 29.2 Å². The van der Waals surface area contributed by atoms with E-state index in [4.69, 9.17) is 11.6 Å². The molecular formula is C19H18ClF3N4O2. The van der Waals surface area contributed by atoms with Crippen LogP contribution in [0.2, 0.25) is 5.02 Å². The predicted molar refractivity (Wildman–Crippen MR) is 103 cm³/mol. The Balaban J connectivity index is 2.23. The molecule has 1 aromatic carbocycles. The van der Waals surface area contributed by atoms with Gasteiger partial charge < -0.3 is 10.3 Å². The van der Waals surface area contributed by atoms with Crippen LogP contribution in [-0.2, 0) is 6.18 Å². The summed E-state index contributed by atoms with van der Waals surface area (Å²) < 4.78 is 41.9. The maximum absolute atomic E-state index is 13.7. The number of nitrogens with zero attached hydrogens (tertiary/aromatic N) is 2. The monoisotopic (exact) mass is 426 g/mol. The van der Waals surface area contributed by atoms with Crippen LogP contribution in [0.25, 0.3) is 16.8 Å². The Morgan fingerprint density at radius 3 is 2.66 bits per heavy atom. The molecule has 3 aromatic rings. The molecule has 0 saturated heterocycles. The van der Waals surface area contributed by atoms with E-state index >= 15 is 0 Å². The molecule has 0 spiro atoms. The number of hydrogen-bond donors (Lipinski definition) is 2. The smallest absolute Gasteiger partial charge is 0.348 e. The third-order valence-electron chi connectivity index (χ3n) is 4.58. The van der Waals surface area contributed by atoms with E-state index in [9.17, 15) is 22.8 Å². The molecular weight excluding hydrogens is 409 g/mol. The molecule has 0 saturated carbocycles. The Bertz CT molecular complexity index is 1150. The van der Waals surface area contributed by atoms with E-state index in [1.807, 2.05) is 0 Å². The number of aromatic amines is 1. The van der Waals surface area contributed by atoms with Gasteiger partial charge in [0.15, 0.2) is 5.69 Å². The van der Waals surface area contributed by atoms with Gasteiger partial charge in [-0.15, -0.1) is 0 Å². The van der Waals surface area contributed by atoms with Gasteiger partial charge in [0.2, 0.25) is 0 Å². The fraction of sp³-hybridized carbons (Fsp3) is 0.316. The SMILES string of the molecule is CC[C@H](C)NC(=O)c1nn2cc(-c3ccc(Cl)c(C)c3)[nH]c(=O)c2c1C(F)(F)F. The highest BCUT2D eigenvalue weighted by Crippen LogP contribution is 2.34. The number of rotatable bonds is 4. The normalized spacial score (nSPS) is 12.9. The number of aromatic nitrogens is 3. The molecule has 10 heteroatoms. The third-order valence-corrected chi connectivity index (χ3v) is 5.01. The fourth-order valence-electron chi connectivity index (χ4n) is 2.86. The van der Waals surface area contributed by atoms with Gasteiger partial charge >= 0.3 is 6.18 Å². The number of aryl methyl sites for hydroxylation is 1. The number of amides is 1. The van der Waals surface area contributed by atoms with Crippen LogP contribution in [-0.4, -0.2) is 26.5 Å². The number of halogens is 4. The summed E-state index contributed by atoms with van der Waals surface area (Å²) in [4.78, 5) is 27.4. The maximum atomic E-state index is 13.7. The molecule has 6 nitrogen and oxygen atoms in total. The summed E-state index contributed by atoms with van der Waals surface area (Å²) in [5.41, 5.74) is -2.42. The van der Waals surface area contributed by atoms with Crippen molar-refractivity contribution in [2.75, 3.05) is 0 Å². The van der Waals surface area contributed by atoms with Gasteiger partial charge in [-0.2, -0.15) is 18.3 Å². The molecule has 2 N–H and O–H groups in total. The molecule has 1 atom stereocenters. The summed E-state index contributed by atoms with van der Waals surface area (Å²) in [7, 11) is 0. The first-order valence-electron chi connectivity index (χ1n) is 8.83. The Morgan fingerprint density at radius 2 is 2.07 bits per heavy atom. The Morgan fingerprint density at radius 1 is 1.38 bits per heavy atom. The third kappa shape index (κ3) is 4.00. The summed E-state index contributed by atoms with van der Waals surface area (Å²) in [5.74, 6) is -0.987. The van der Waals surface area contributed by atoms with Crippen molar-refractivity contribution in [3.63, 3.8) is 0 Å². The Hall–Kier alpha value is -2.81. The van der Waals surface area contributed by atoms with Crippen LogP contribution in [0.3, 0.4) is 0 Å². The number of alkyl halides is 3. The summed E-state index contributed by atoms with van der Waals surface area (Å²) in [5, 5.41) is 6.76. The van der Waals surface area contributed by atoms with Gasteiger partial charge in [0, 0.05) is 11.1 Å². The molecule has 0 aliphatic rings. The van der Waals surface area contributed by atoms with E-state index in [2.05, 4.69) is 15.4 Å². The van der Waals surface area contributed by atoms with E-state index in [-0.39, 0.29) is 11.7 Å². The minimum Gasteiger partial charge on any atom is -0.348 e. The first-order valence-corrected chi connectivity index (χ1v) is 9.21. The van der Waals surface area contributed by atoms with Crippen molar-refractivity contribution in [1.29, 1.82) is 0 Å². The second kappa shape index (κ2) is 7.55. The van der Waals surface area contributed by atoms with Crippen LogP contribution >= 0.6 is 11.6 Å². The zero-order chi connectivity index (χ0) is 21.5. The number of benzene rings is 1. The zero-order valence-electron chi connectivity index (χ0n) is 15.8. The minimum absolute atomic E-state index is 0.243. The number of carbonyl (C=O) groups is 1. The molecule has 29 heavy (non-hydrogen) atoms. The second-order valence-corrected chi connectivity index (χ2v) is 7.17. The van der Waals surface area contributed by atoms with Gasteiger partial charge in [-0.1, -0.05) is 24.6 Å². The standard InChI is InChI=1S/C19H18ClF3N4O2/c1-4-10(3)24-17(28)15-14(19(21,22)23)16-18(29)25-13(8-27(16)26-15)11-5-6-12(20)9(2)7-11/h5-8,10H,4H2,1-3H3,(H,24,28)(H,25,29)/t10-/m0/s1. The van der Waals surface area contributed by atoms with Crippen molar-refractivity contribution >= 4 is 23.0 Å². The number of fused-ring (bicyclic) bond motifs is 1. The van der Waals surface area contributed by atoms with Crippen LogP contribution in [0.4, 0.5) is 13.2 Å². The van der Waals surface area contributed by atoms with E-state index in [0.29, 0.717) is 17.0 Å². The van der Waals surface area contributed by atoms with E-state index < -0.39 is 34.4 Å². The lowest BCUT2D eigenvalue weighted by Crippen LogP contribution is -2.33. The van der Waals surface area contributed by atoms with Crippen molar-refractivity contribution in [3.8, 4) is 11.3 Å². The second-order valence-electron chi connectivity index (χ2n) is 6.76. The highest BCUT2D eigenvalue weighted by molar-refractivity contribution is 6.31. The topological polar surface area (TPSA) is 79.3 Å². The van der Waals surface area contributed by atoms with Crippen molar-refractivity contribution in [2.45, 2.75) is 39.4 Å². The summed E-state index contributed by atoms with van der Waals surface area (Å²) in [6.07, 6.45) is -3.16. The summed E-state index contributed by atoms with van der Waals surface area (Å²) in [6, 6.07) is 4.57. The van der Waals surface area contributed by atoms with Crippen LogP contribution in [0, 0.1) is 6.92 Å². The van der Waals surface area contributed by atoms with E-state index in [0.717, 1.165) is 10.1 Å². The zero-order valence-corrected chi connectivity index (χ0v) is 16.6. The molecule has 0 fully saturated rings.